The topological polar surface area (TPSA) is 69.6 Å². The highest BCUT2D eigenvalue weighted by molar-refractivity contribution is 7.19. The third-order valence-electron chi connectivity index (χ3n) is 11.1. The molecule has 0 aliphatic carbocycles. The van der Waals surface area contributed by atoms with Crippen LogP contribution in [0.1, 0.15) is 0 Å². The van der Waals surface area contributed by atoms with Gasteiger partial charge in [0.2, 0.25) is 5.95 Å². The zero-order chi connectivity index (χ0) is 37.8. The number of furan rings is 1. The van der Waals surface area contributed by atoms with Gasteiger partial charge in [-0.2, -0.15) is 9.97 Å². The standard InChI is InChI=1S/C50H33N5OSi/c1-4-16-36(17-5-1)57(37-18-6-2-7-19-37,38-20-8-3-9-21-38)39-22-14-15-34(31-39)48-52-49(35-27-28-42-43-33-51-30-29-46(43)56-47(42)32-35)54-50(53-48)55-44-25-12-10-23-40(44)41-24-11-13-26-45(41)55/h1-33H. The van der Waals surface area contributed by atoms with Gasteiger partial charge in [0, 0.05) is 45.1 Å². The molecule has 57 heavy (non-hydrogen) atoms. The van der Waals surface area contributed by atoms with Gasteiger partial charge in [-0.3, -0.25) is 9.55 Å². The van der Waals surface area contributed by atoms with Crippen LogP contribution >= 0.6 is 0 Å². The summed E-state index contributed by atoms with van der Waals surface area (Å²) in [5.74, 6) is 1.69. The van der Waals surface area contributed by atoms with E-state index in [4.69, 9.17) is 19.4 Å². The van der Waals surface area contributed by atoms with Crippen molar-refractivity contribution in [3.8, 4) is 28.7 Å². The Balaban J connectivity index is 1.18. The molecule has 11 aromatic rings. The fourth-order valence-electron chi connectivity index (χ4n) is 8.58. The van der Waals surface area contributed by atoms with Crippen molar-refractivity contribution in [2.75, 3.05) is 0 Å². The number of benzene rings is 7. The van der Waals surface area contributed by atoms with E-state index < -0.39 is 8.07 Å². The molecule has 0 aliphatic heterocycles. The van der Waals surface area contributed by atoms with E-state index in [1.54, 1.807) is 6.20 Å². The van der Waals surface area contributed by atoms with Crippen LogP contribution in [0.4, 0.5) is 0 Å². The molecule has 0 aliphatic rings. The number of fused-ring (bicyclic) bond motifs is 6. The van der Waals surface area contributed by atoms with Crippen LogP contribution in [0.25, 0.3) is 72.5 Å². The molecule has 4 heterocycles. The second-order valence-electron chi connectivity index (χ2n) is 14.3. The Labute approximate surface area is 329 Å². The SMILES string of the molecule is c1ccc([Si](c2ccccc2)(c2ccccc2)c2cccc(-c3nc(-c4ccc5c(c4)oc4ccncc45)nc(-n4c5ccccc5c5ccccc54)n3)c2)cc1. The fourth-order valence-corrected chi connectivity index (χ4v) is 13.4. The Bertz CT molecular complexity index is 3100. The molecular weight excluding hydrogens is 715 g/mol. The van der Waals surface area contributed by atoms with Crippen LogP contribution in [0, 0.1) is 0 Å². The molecule has 0 radical (unpaired) electrons. The maximum Gasteiger partial charge on any atom is 0.238 e. The molecule has 0 bridgehead atoms. The highest BCUT2D eigenvalue weighted by Crippen LogP contribution is 2.34. The van der Waals surface area contributed by atoms with E-state index in [0.29, 0.717) is 17.6 Å². The van der Waals surface area contributed by atoms with Gasteiger partial charge in [-0.25, -0.2) is 4.98 Å². The van der Waals surface area contributed by atoms with Crippen molar-refractivity contribution in [1.82, 2.24) is 24.5 Å². The minimum absolute atomic E-state index is 0.546. The van der Waals surface area contributed by atoms with Crippen LogP contribution in [-0.4, -0.2) is 32.6 Å². The van der Waals surface area contributed by atoms with Crippen molar-refractivity contribution in [2.45, 2.75) is 0 Å². The molecule has 7 aromatic carbocycles. The van der Waals surface area contributed by atoms with E-state index in [-0.39, 0.29) is 0 Å². The van der Waals surface area contributed by atoms with Crippen molar-refractivity contribution >= 4 is 72.6 Å². The van der Waals surface area contributed by atoms with Gasteiger partial charge in [0.1, 0.15) is 11.2 Å². The number of hydrogen-bond donors (Lipinski definition) is 0. The van der Waals surface area contributed by atoms with Crippen LogP contribution in [-0.2, 0) is 0 Å². The van der Waals surface area contributed by atoms with Crippen molar-refractivity contribution in [3.63, 3.8) is 0 Å². The predicted molar refractivity (Wildman–Crippen MR) is 234 cm³/mol. The molecule has 4 aromatic heterocycles. The lowest BCUT2D eigenvalue weighted by Crippen LogP contribution is -2.74. The summed E-state index contributed by atoms with van der Waals surface area (Å²) in [6.07, 6.45) is 3.60. The first-order valence-electron chi connectivity index (χ1n) is 19.0. The molecule has 0 spiro atoms. The summed E-state index contributed by atoms with van der Waals surface area (Å²) in [7, 11) is -2.82. The third kappa shape index (κ3) is 5.32. The highest BCUT2D eigenvalue weighted by Gasteiger charge is 2.41. The average Bonchev–Trinajstić information content (AvgIpc) is 3.83. The number of hydrogen-bond acceptors (Lipinski definition) is 5. The van der Waals surface area contributed by atoms with Gasteiger partial charge in [0.25, 0.3) is 0 Å². The smallest absolute Gasteiger partial charge is 0.238 e. The minimum atomic E-state index is -2.82. The summed E-state index contributed by atoms with van der Waals surface area (Å²) in [4.78, 5) is 20.2. The van der Waals surface area contributed by atoms with Crippen LogP contribution < -0.4 is 20.7 Å². The maximum atomic E-state index is 6.31. The second kappa shape index (κ2) is 13.4. The fraction of sp³-hybridized carbons (Fsp3) is 0. The number of rotatable bonds is 7. The Kier molecular flexibility index (Phi) is 7.72. The van der Waals surface area contributed by atoms with Crippen LogP contribution in [0.15, 0.2) is 205 Å². The molecule has 0 N–H and O–H groups in total. The molecule has 0 unspecified atom stereocenters. The molecular formula is C50H33N5OSi. The molecule has 0 fully saturated rings. The molecule has 0 saturated heterocycles. The maximum absolute atomic E-state index is 6.31. The molecule has 268 valence electrons. The predicted octanol–water partition coefficient (Wildman–Crippen LogP) is 8.97. The first kappa shape index (κ1) is 32.9. The van der Waals surface area contributed by atoms with Gasteiger partial charge in [-0.05, 0) is 51.1 Å². The number of pyridine rings is 1. The second-order valence-corrected chi connectivity index (χ2v) is 18.1. The van der Waals surface area contributed by atoms with E-state index >= 15 is 0 Å². The molecule has 0 amide bonds. The van der Waals surface area contributed by atoms with E-state index in [0.717, 1.165) is 54.9 Å². The quantitative estimate of drug-likeness (QED) is 0.120. The zero-order valence-electron chi connectivity index (χ0n) is 30.7. The summed E-state index contributed by atoms with van der Waals surface area (Å²) in [6, 6.07) is 66.7. The molecule has 11 rings (SSSR count). The largest absolute Gasteiger partial charge is 0.456 e. The lowest BCUT2D eigenvalue weighted by molar-refractivity contribution is 0.668. The summed E-state index contributed by atoms with van der Waals surface area (Å²) in [6.45, 7) is 0. The normalized spacial score (nSPS) is 11.9. The van der Waals surface area contributed by atoms with Gasteiger partial charge in [-0.15, -0.1) is 0 Å². The first-order valence-corrected chi connectivity index (χ1v) is 21.0. The van der Waals surface area contributed by atoms with E-state index in [9.17, 15) is 0 Å². The van der Waals surface area contributed by atoms with Crippen LogP contribution in [0.3, 0.4) is 0 Å². The van der Waals surface area contributed by atoms with Crippen molar-refractivity contribution in [1.29, 1.82) is 0 Å². The average molecular weight is 748 g/mol. The Morgan fingerprint density at radius 2 is 0.947 bits per heavy atom. The number of aromatic nitrogens is 5. The van der Waals surface area contributed by atoms with Crippen LogP contribution in [0.2, 0.25) is 0 Å². The first-order chi connectivity index (χ1) is 28.3. The highest BCUT2D eigenvalue weighted by atomic mass is 28.3. The van der Waals surface area contributed by atoms with Gasteiger partial charge >= 0.3 is 0 Å². The van der Waals surface area contributed by atoms with Gasteiger partial charge in [0.05, 0.1) is 11.0 Å². The van der Waals surface area contributed by atoms with E-state index in [1.807, 2.05) is 18.3 Å². The van der Waals surface area contributed by atoms with Gasteiger partial charge in [0.15, 0.2) is 19.7 Å². The summed E-state index contributed by atoms with van der Waals surface area (Å²) >= 11 is 0. The molecule has 6 nitrogen and oxygen atoms in total. The van der Waals surface area contributed by atoms with Crippen molar-refractivity contribution in [2.24, 2.45) is 0 Å². The third-order valence-corrected chi connectivity index (χ3v) is 15.9. The van der Waals surface area contributed by atoms with Crippen molar-refractivity contribution in [3.05, 3.63) is 200 Å². The monoisotopic (exact) mass is 747 g/mol. The van der Waals surface area contributed by atoms with E-state index in [2.05, 4.69) is 185 Å². The van der Waals surface area contributed by atoms with Gasteiger partial charge in [-0.1, -0.05) is 158 Å². The van der Waals surface area contributed by atoms with Crippen molar-refractivity contribution < 1.29 is 4.42 Å². The lowest BCUT2D eigenvalue weighted by Gasteiger charge is -2.34. The number of para-hydroxylation sites is 2. The lowest BCUT2D eigenvalue weighted by atomic mass is 10.1. The van der Waals surface area contributed by atoms with Crippen LogP contribution in [0.5, 0.6) is 0 Å². The summed E-state index contributed by atoms with van der Waals surface area (Å²) in [5, 5.41) is 9.39. The van der Waals surface area contributed by atoms with Gasteiger partial charge < -0.3 is 4.42 Å². The Morgan fingerprint density at radius 3 is 1.56 bits per heavy atom. The minimum Gasteiger partial charge on any atom is -0.456 e. The summed E-state index contributed by atoms with van der Waals surface area (Å²) in [5.41, 5.74) is 5.34. The number of nitrogens with zero attached hydrogens (tertiary/aromatic N) is 5. The van der Waals surface area contributed by atoms with E-state index in [1.165, 1.54) is 20.7 Å². The molecule has 7 heteroatoms. The Hall–Kier alpha value is -7.48. The zero-order valence-corrected chi connectivity index (χ0v) is 31.7. The Morgan fingerprint density at radius 1 is 0.404 bits per heavy atom. The molecule has 0 atom stereocenters. The summed E-state index contributed by atoms with van der Waals surface area (Å²) < 4.78 is 8.47. The molecule has 0 saturated carbocycles.